The Balaban J connectivity index is 2.88. The van der Waals surface area contributed by atoms with E-state index in [4.69, 9.17) is 5.11 Å². The molecule has 1 fully saturated rings. The molecule has 0 amide bonds. The quantitative estimate of drug-likeness (QED) is 0.652. The van der Waals surface area contributed by atoms with Gasteiger partial charge >= 0.3 is 5.97 Å². The predicted octanol–water partition coefficient (Wildman–Crippen LogP) is 1.50. The fourth-order valence-electron chi connectivity index (χ4n) is 2.43. The molecular weight excluding hydrogens is 168 g/mol. The Morgan fingerprint density at radius 2 is 2.00 bits per heavy atom. The Labute approximate surface area is 78.8 Å². The second-order valence-electron chi connectivity index (χ2n) is 4.77. The summed E-state index contributed by atoms with van der Waals surface area (Å²) in [5.41, 5.74) is -0.190. The fraction of sp³-hybridized carbons (Fsp3) is 0.900. The van der Waals surface area contributed by atoms with Crippen molar-refractivity contribution in [2.45, 2.75) is 39.7 Å². The maximum absolute atomic E-state index is 11.0. The molecule has 0 aromatic carbocycles. The summed E-state index contributed by atoms with van der Waals surface area (Å²) in [7, 11) is 0. The summed E-state index contributed by atoms with van der Waals surface area (Å²) in [6.45, 7) is 5.76. The van der Waals surface area contributed by atoms with E-state index in [0.717, 1.165) is 12.8 Å². The molecule has 0 radical (unpaired) electrons. The van der Waals surface area contributed by atoms with Gasteiger partial charge in [-0.15, -0.1) is 0 Å². The molecule has 1 aliphatic carbocycles. The zero-order chi connectivity index (χ0) is 10.2. The highest BCUT2D eigenvalue weighted by Crippen LogP contribution is 2.43. The van der Waals surface area contributed by atoms with Gasteiger partial charge in [-0.3, -0.25) is 4.79 Å². The van der Waals surface area contributed by atoms with Crippen molar-refractivity contribution in [3.05, 3.63) is 0 Å². The molecule has 3 unspecified atom stereocenters. The highest BCUT2D eigenvalue weighted by molar-refractivity contribution is 5.71. The molecule has 0 saturated heterocycles. The number of aliphatic hydroxyl groups excluding tert-OH is 1. The Bertz CT molecular complexity index is 210. The molecule has 3 atom stereocenters. The maximum Gasteiger partial charge on any atom is 0.307 e. The summed E-state index contributed by atoms with van der Waals surface area (Å²) in [6.07, 6.45) is 1.06. The third-order valence-electron chi connectivity index (χ3n) is 3.33. The first-order valence-electron chi connectivity index (χ1n) is 4.77. The van der Waals surface area contributed by atoms with Gasteiger partial charge in [0.05, 0.1) is 12.0 Å². The van der Waals surface area contributed by atoms with Crippen LogP contribution in [0.25, 0.3) is 0 Å². The van der Waals surface area contributed by atoms with Gasteiger partial charge in [0.25, 0.3) is 0 Å². The van der Waals surface area contributed by atoms with Gasteiger partial charge < -0.3 is 10.2 Å². The van der Waals surface area contributed by atoms with Crippen LogP contribution in [0, 0.1) is 17.3 Å². The van der Waals surface area contributed by atoms with E-state index < -0.39 is 18.0 Å². The van der Waals surface area contributed by atoms with E-state index in [2.05, 4.69) is 0 Å². The number of carboxylic acid groups (broad SMARTS) is 1. The van der Waals surface area contributed by atoms with E-state index >= 15 is 0 Å². The van der Waals surface area contributed by atoms with Gasteiger partial charge in [0, 0.05) is 0 Å². The number of hydrogen-bond donors (Lipinski definition) is 2. The van der Waals surface area contributed by atoms with Crippen molar-refractivity contribution in [1.82, 2.24) is 0 Å². The summed E-state index contributed by atoms with van der Waals surface area (Å²) < 4.78 is 0. The topological polar surface area (TPSA) is 57.5 Å². The maximum atomic E-state index is 11.0. The predicted molar refractivity (Wildman–Crippen MR) is 49.3 cm³/mol. The van der Waals surface area contributed by atoms with Crippen LogP contribution in [-0.2, 0) is 4.79 Å². The number of rotatable bonds is 1. The molecule has 1 aliphatic rings. The van der Waals surface area contributed by atoms with Gasteiger partial charge in [-0.2, -0.15) is 0 Å². The fourth-order valence-corrected chi connectivity index (χ4v) is 2.43. The minimum atomic E-state index is -0.781. The minimum absolute atomic E-state index is 0.138. The van der Waals surface area contributed by atoms with E-state index in [1.54, 1.807) is 0 Å². The molecule has 2 N–H and O–H groups in total. The van der Waals surface area contributed by atoms with Crippen LogP contribution in [0.3, 0.4) is 0 Å². The summed E-state index contributed by atoms with van der Waals surface area (Å²) in [4.78, 5) is 11.0. The van der Waals surface area contributed by atoms with Crippen molar-refractivity contribution in [3.8, 4) is 0 Å². The normalized spacial score (nSPS) is 38.6. The third-order valence-corrected chi connectivity index (χ3v) is 3.33. The van der Waals surface area contributed by atoms with Crippen LogP contribution in [0.15, 0.2) is 0 Å². The SMILES string of the molecule is CC1C(O)CCC(C)(C)C1C(=O)O. The number of aliphatic carboxylic acids is 1. The van der Waals surface area contributed by atoms with Crippen LogP contribution in [0.1, 0.15) is 33.6 Å². The first kappa shape index (κ1) is 10.5. The summed E-state index contributed by atoms with van der Waals surface area (Å²) in [5, 5.41) is 18.6. The van der Waals surface area contributed by atoms with Gasteiger partial charge in [0.2, 0.25) is 0 Å². The van der Waals surface area contributed by atoms with Gasteiger partial charge in [-0.1, -0.05) is 20.8 Å². The van der Waals surface area contributed by atoms with Crippen LogP contribution in [-0.4, -0.2) is 22.3 Å². The highest BCUT2D eigenvalue weighted by Gasteiger charge is 2.45. The lowest BCUT2D eigenvalue weighted by Crippen LogP contribution is -2.45. The Morgan fingerprint density at radius 3 is 2.38 bits per heavy atom. The molecule has 1 saturated carbocycles. The average Bonchev–Trinajstić information content (AvgIpc) is 1.96. The largest absolute Gasteiger partial charge is 0.481 e. The lowest BCUT2D eigenvalue weighted by Gasteiger charge is -2.42. The van der Waals surface area contributed by atoms with Crippen molar-refractivity contribution in [1.29, 1.82) is 0 Å². The Hall–Kier alpha value is -0.570. The molecular formula is C10H18O3. The van der Waals surface area contributed by atoms with Gasteiger partial charge in [-0.25, -0.2) is 0 Å². The Morgan fingerprint density at radius 1 is 1.46 bits per heavy atom. The van der Waals surface area contributed by atoms with E-state index in [1.807, 2.05) is 20.8 Å². The molecule has 0 bridgehead atoms. The first-order chi connectivity index (χ1) is 5.86. The monoisotopic (exact) mass is 186 g/mol. The molecule has 1 rings (SSSR count). The summed E-state index contributed by atoms with van der Waals surface area (Å²) in [5.74, 6) is -1.34. The van der Waals surface area contributed by atoms with Crippen molar-refractivity contribution < 1.29 is 15.0 Å². The zero-order valence-corrected chi connectivity index (χ0v) is 8.45. The molecule has 0 aliphatic heterocycles. The van der Waals surface area contributed by atoms with Crippen molar-refractivity contribution in [2.75, 3.05) is 0 Å². The average molecular weight is 186 g/mol. The van der Waals surface area contributed by atoms with Crippen LogP contribution in [0.2, 0.25) is 0 Å². The van der Waals surface area contributed by atoms with Crippen LogP contribution >= 0.6 is 0 Å². The Kier molecular flexibility index (Phi) is 2.66. The second kappa shape index (κ2) is 3.29. The van der Waals surface area contributed by atoms with Crippen molar-refractivity contribution in [2.24, 2.45) is 17.3 Å². The lowest BCUT2D eigenvalue weighted by atomic mass is 9.63. The van der Waals surface area contributed by atoms with Crippen molar-refractivity contribution >= 4 is 5.97 Å². The molecule has 0 heterocycles. The molecule has 0 aromatic heterocycles. The zero-order valence-electron chi connectivity index (χ0n) is 8.45. The number of hydrogen-bond acceptors (Lipinski definition) is 2. The second-order valence-corrected chi connectivity index (χ2v) is 4.77. The van der Waals surface area contributed by atoms with Gasteiger partial charge in [0.1, 0.15) is 0 Å². The van der Waals surface area contributed by atoms with E-state index in [0.29, 0.717) is 0 Å². The third kappa shape index (κ3) is 1.85. The molecule has 76 valence electrons. The summed E-state index contributed by atoms with van der Waals surface area (Å²) >= 11 is 0. The molecule has 3 heteroatoms. The number of carbonyl (C=O) groups is 1. The van der Waals surface area contributed by atoms with E-state index in [-0.39, 0.29) is 11.3 Å². The van der Waals surface area contributed by atoms with Crippen LogP contribution < -0.4 is 0 Å². The lowest BCUT2D eigenvalue weighted by molar-refractivity contribution is -0.155. The van der Waals surface area contributed by atoms with Gasteiger partial charge in [-0.05, 0) is 24.2 Å². The molecule has 0 aromatic rings. The molecule has 13 heavy (non-hydrogen) atoms. The summed E-state index contributed by atoms with van der Waals surface area (Å²) in [6, 6.07) is 0. The molecule has 0 spiro atoms. The first-order valence-corrected chi connectivity index (χ1v) is 4.77. The van der Waals surface area contributed by atoms with Crippen LogP contribution in [0.4, 0.5) is 0 Å². The van der Waals surface area contributed by atoms with Crippen LogP contribution in [0.5, 0.6) is 0 Å². The number of aliphatic hydroxyl groups is 1. The number of carboxylic acids is 1. The van der Waals surface area contributed by atoms with Gasteiger partial charge in [0.15, 0.2) is 0 Å². The standard InChI is InChI=1S/C10H18O3/c1-6-7(11)4-5-10(2,3)8(6)9(12)13/h6-8,11H,4-5H2,1-3H3,(H,12,13). The van der Waals surface area contributed by atoms with E-state index in [9.17, 15) is 9.90 Å². The minimum Gasteiger partial charge on any atom is -0.481 e. The van der Waals surface area contributed by atoms with E-state index in [1.165, 1.54) is 0 Å². The van der Waals surface area contributed by atoms with Crippen molar-refractivity contribution in [3.63, 3.8) is 0 Å². The smallest absolute Gasteiger partial charge is 0.307 e. The highest BCUT2D eigenvalue weighted by atomic mass is 16.4. The molecule has 3 nitrogen and oxygen atoms in total.